The van der Waals surface area contributed by atoms with E-state index < -0.39 is 0 Å². The van der Waals surface area contributed by atoms with Crippen molar-refractivity contribution in [3.05, 3.63) is 39.5 Å². The van der Waals surface area contributed by atoms with Crippen LogP contribution in [0.3, 0.4) is 0 Å². The van der Waals surface area contributed by atoms with Crippen LogP contribution < -0.4 is 0 Å². The molecule has 0 fully saturated rings. The molecule has 0 saturated carbocycles. The van der Waals surface area contributed by atoms with Crippen LogP contribution in [0.2, 0.25) is 10.0 Å². The molecule has 82 valence electrons. The van der Waals surface area contributed by atoms with E-state index in [1.807, 2.05) is 6.92 Å². The van der Waals surface area contributed by atoms with Crippen LogP contribution in [0.25, 0.3) is 10.9 Å². The van der Waals surface area contributed by atoms with E-state index >= 15 is 0 Å². The van der Waals surface area contributed by atoms with Gasteiger partial charge in [0, 0.05) is 21.7 Å². The fourth-order valence-electron chi connectivity index (χ4n) is 1.67. The van der Waals surface area contributed by atoms with E-state index in [0.717, 1.165) is 5.69 Å². The summed E-state index contributed by atoms with van der Waals surface area (Å²) in [6.45, 7) is 3.35. The SMILES string of the molecule is CC(=O)c1cc(C)nc2c(Cl)cc(Cl)cc12. The van der Waals surface area contributed by atoms with Crippen LogP contribution in [-0.2, 0) is 0 Å². The fourth-order valence-corrected chi connectivity index (χ4v) is 2.21. The van der Waals surface area contributed by atoms with Crippen molar-refractivity contribution >= 4 is 39.9 Å². The van der Waals surface area contributed by atoms with Gasteiger partial charge < -0.3 is 0 Å². The van der Waals surface area contributed by atoms with Crippen molar-refractivity contribution < 1.29 is 4.79 Å². The van der Waals surface area contributed by atoms with Crippen molar-refractivity contribution in [1.82, 2.24) is 4.98 Å². The molecular weight excluding hydrogens is 245 g/mol. The van der Waals surface area contributed by atoms with Crippen molar-refractivity contribution in [2.24, 2.45) is 0 Å². The number of halogens is 2. The van der Waals surface area contributed by atoms with E-state index in [0.29, 0.717) is 26.5 Å². The molecule has 0 spiro atoms. The third-order valence-electron chi connectivity index (χ3n) is 2.34. The first-order valence-electron chi connectivity index (χ1n) is 4.76. The highest BCUT2D eigenvalue weighted by atomic mass is 35.5. The highest BCUT2D eigenvalue weighted by molar-refractivity contribution is 6.38. The molecule has 16 heavy (non-hydrogen) atoms. The number of aryl methyl sites for hydroxylation is 1. The lowest BCUT2D eigenvalue weighted by Gasteiger charge is -2.07. The van der Waals surface area contributed by atoms with Crippen LogP contribution in [-0.4, -0.2) is 10.8 Å². The highest BCUT2D eigenvalue weighted by Gasteiger charge is 2.11. The average Bonchev–Trinajstić information content (AvgIpc) is 2.18. The van der Waals surface area contributed by atoms with E-state index in [2.05, 4.69) is 4.98 Å². The lowest BCUT2D eigenvalue weighted by Crippen LogP contribution is -1.97. The molecule has 2 aromatic rings. The molecule has 2 nitrogen and oxygen atoms in total. The predicted molar refractivity (Wildman–Crippen MR) is 66.5 cm³/mol. The minimum atomic E-state index is -0.0196. The van der Waals surface area contributed by atoms with Gasteiger partial charge in [-0.2, -0.15) is 0 Å². The zero-order valence-corrected chi connectivity index (χ0v) is 10.4. The molecule has 0 aliphatic rings. The largest absolute Gasteiger partial charge is 0.294 e. The quantitative estimate of drug-likeness (QED) is 0.718. The molecule has 1 aromatic carbocycles. The summed E-state index contributed by atoms with van der Waals surface area (Å²) in [6, 6.07) is 5.09. The van der Waals surface area contributed by atoms with Gasteiger partial charge in [0.05, 0.1) is 10.5 Å². The molecule has 0 amide bonds. The van der Waals surface area contributed by atoms with Gasteiger partial charge in [-0.05, 0) is 32.0 Å². The Balaban J connectivity index is 2.95. The second-order valence-electron chi connectivity index (χ2n) is 3.65. The maximum Gasteiger partial charge on any atom is 0.160 e. The Morgan fingerprint density at radius 3 is 2.56 bits per heavy atom. The number of ketones is 1. The monoisotopic (exact) mass is 253 g/mol. The number of carbonyl (C=O) groups is 1. The lowest BCUT2D eigenvalue weighted by molar-refractivity contribution is 0.101. The highest BCUT2D eigenvalue weighted by Crippen LogP contribution is 2.29. The van der Waals surface area contributed by atoms with E-state index in [9.17, 15) is 4.79 Å². The lowest BCUT2D eigenvalue weighted by atomic mass is 10.0. The summed E-state index contributed by atoms with van der Waals surface area (Å²) in [5.41, 5.74) is 1.99. The molecule has 4 heteroatoms. The van der Waals surface area contributed by atoms with Crippen LogP contribution in [0.4, 0.5) is 0 Å². The summed E-state index contributed by atoms with van der Waals surface area (Å²) in [7, 11) is 0. The maximum atomic E-state index is 11.5. The molecule has 2 rings (SSSR count). The first-order valence-corrected chi connectivity index (χ1v) is 5.52. The summed E-state index contributed by atoms with van der Waals surface area (Å²) in [4.78, 5) is 15.8. The zero-order valence-electron chi connectivity index (χ0n) is 8.84. The minimum absolute atomic E-state index is 0.0196. The van der Waals surface area contributed by atoms with E-state index in [-0.39, 0.29) is 5.78 Å². The van der Waals surface area contributed by atoms with Gasteiger partial charge in [-0.3, -0.25) is 9.78 Å². The summed E-state index contributed by atoms with van der Waals surface area (Å²) < 4.78 is 0. The van der Waals surface area contributed by atoms with E-state index in [4.69, 9.17) is 23.2 Å². The molecule has 1 heterocycles. The first-order chi connectivity index (χ1) is 7.49. The minimum Gasteiger partial charge on any atom is -0.294 e. The number of pyridine rings is 1. The Labute approximate surface area is 103 Å². The molecule has 0 N–H and O–H groups in total. The van der Waals surface area contributed by atoms with Crippen LogP contribution in [0.15, 0.2) is 18.2 Å². The van der Waals surface area contributed by atoms with Gasteiger partial charge in [0.25, 0.3) is 0 Å². The van der Waals surface area contributed by atoms with Crippen molar-refractivity contribution in [2.45, 2.75) is 13.8 Å². The van der Waals surface area contributed by atoms with Gasteiger partial charge in [-0.1, -0.05) is 23.2 Å². The van der Waals surface area contributed by atoms with E-state index in [1.165, 1.54) is 6.92 Å². The first kappa shape index (κ1) is 11.4. The van der Waals surface area contributed by atoms with Crippen LogP contribution >= 0.6 is 23.2 Å². The second kappa shape index (κ2) is 4.04. The van der Waals surface area contributed by atoms with Crippen molar-refractivity contribution in [1.29, 1.82) is 0 Å². The Morgan fingerprint density at radius 2 is 1.94 bits per heavy atom. The normalized spacial score (nSPS) is 10.8. The number of nitrogens with zero attached hydrogens (tertiary/aromatic N) is 1. The second-order valence-corrected chi connectivity index (χ2v) is 4.49. The molecule has 0 bridgehead atoms. The number of aromatic nitrogens is 1. The topological polar surface area (TPSA) is 30.0 Å². The molecule has 0 unspecified atom stereocenters. The fraction of sp³-hybridized carbons (Fsp3) is 0.167. The van der Waals surface area contributed by atoms with Crippen LogP contribution in [0.1, 0.15) is 23.0 Å². The summed E-state index contributed by atoms with van der Waals surface area (Å²) in [5.74, 6) is -0.0196. The number of fused-ring (bicyclic) bond motifs is 1. The van der Waals surface area contributed by atoms with Gasteiger partial charge >= 0.3 is 0 Å². The third kappa shape index (κ3) is 1.91. The number of Topliss-reactive ketones (excluding diaryl/α,β-unsaturated/α-hetero) is 1. The molecular formula is C12H9Cl2NO. The molecule has 0 aliphatic carbocycles. The van der Waals surface area contributed by atoms with Gasteiger partial charge in [-0.25, -0.2) is 0 Å². The Hall–Kier alpha value is -1.12. The molecule has 0 radical (unpaired) electrons. The Bertz CT molecular complexity index is 593. The predicted octanol–water partition coefficient (Wildman–Crippen LogP) is 4.05. The zero-order chi connectivity index (χ0) is 11.9. The van der Waals surface area contributed by atoms with Crippen molar-refractivity contribution in [3.8, 4) is 0 Å². The standard InChI is InChI=1S/C12H9Cl2NO/c1-6-3-9(7(2)16)10-4-8(13)5-11(14)12(10)15-6/h3-5H,1-2H3. The van der Waals surface area contributed by atoms with Gasteiger partial charge in [-0.15, -0.1) is 0 Å². The maximum absolute atomic E-state index is 11.5. The van der Waals surface area contributed by atoms with Gasteiger partial charge in [0.15, 0.2) is 5.78 Å². The molecule has 0 saturated heterocycles. The third-order valence-corrected chi connectivity index (χ3v) is 2.85. The number of benzene rings is 1. The summed E-state index contributed by atoms with van der Waals surface area (Å²) >= 11 is 12.0. The van der Waals surface area contributed by atoms with Crippen LogP contribution in [0, 0.1) is 6.92 Å². The number of rotatable bonds is 1. The van der Waals surface area contributed by atoms with Gasteiger partial charge in [0.2, 0.25) is 0 Å². The summed E-state index contributed by atoms with van der Waals surface area (Å²) in [5, 5.41) is 1.68. The van der Waals surface area contributed by atoms with E-state index in [1.54, 1.807) is 18.2 Å². The molecule has 1 aromatic heterocycles. The number of hydrogen-bond donors (Lipinski definition) is 0. The Morgan fingerprint density at radius 1 is 1.25 bits per heavy atom. The van der Waals surface area contributed by atoms with Crippen LogP contribution in [0.5, 0.6) is 0 Å². The smallest absolute Gasteiger partial charge is 0.160 e. The van der Waals surface area contributed by atoms with Crippen molar-refractivity contribution in [2.75, 3.05) is 0 Å². The Kier molecular flexibility index (Phi) is 2.87. The molecule has 0 aliphatic heterocycles. The summed E-state index contributed by atoms with van der Waals surface area (Å²) in [6.07, 6.45) is 0. The molecule has 0 atom stereocenters. The number of hydrogen-bond acceptors (Lipinski definition) is 2. The average molecular weight is 254 g/mol. The number of carbonyl (C=O) groups excluding carboxylic acids is 1. The van der Waals surface area contributed by atoms with Gasteiger partial charge in [0.1, 0.15) is 0 Å². The van der Waals surface area contributed by atoms with Crippen molar-refractivity contribution in [3.63, 3.8) is 0 Å².